The number of likely N-dealkylation sites (tertiary alicyclic amines) is 1. The molecule has 0 bridgehead atoms. The van der Waals surface area contributed by atoms with Crippen LogP contribution in [0.5, 0.6) is 0 Å². The van der Waals surface area contributed by atoms with Gasteiger partial charge in [-0.1, -0.05) is 13.8 Å². The van der Waals surface area contributed by atoms with Crippen molar-refractivity contribution in [1.29, 1.82) is 0 Å². The molecule has 0 spiro atoms. The number of carbonyl (C=O) groups is 2. The highest BCUT2D eigenvalue weighted by Gasteiger charge is 2.35. The van der Waals surface area contributed by atoms with Crippen LogP contribution in [0.2, 0.25) is 0 Å². The van der Waals surface area contributed by atoms with E-state index < -0.39 is 0 Å². The second kappa shape index (κ2) is 9.59. The number of halogens is 1. The summed E-state index contributed by atoms with van der Waals surface area (Å²) in [5.41, 5.74) is 5.59. The van der Waals surface area contributed by atoms with Crippen molar-refractivity contribution in [3.8, 4) is 0 Å². The summed E-state index contributed by atoms with van der Waals surface area (Å²) >= 11 is 0. The van der Waals surface area contributed by atoms with Gasteiger partial charge in [-0.2, -0.15) is 0 Å². The number of nitrogens with zero attached hydrogens (tertiary/aromatic N) is 1. The van der Waals surface area contributed by atoms with Crippen molar-refractivity contribution in [2.45, 2.75) is 64.7 Å². The Labute approximate surface area is 151 Å². The van der Waals surface area contributed by atoms with Crippen molar-refractivity contribution in [3.63, 3.8) is 0 Å². The average Bonchev–Trinajstić information content (AvgIpc) is 3.03. The summed E-state index contributed by atoms with van der Waals surface area (Å²) in [7, 11) is 0. The normalized spacial score (nSPS) is 26.1. The highest BCUT2D eigenvalue weighted by atomic mass is 35.5. The van der Waals surface area contributed by atoms with Crippen LogP contribution in [0.25, 0.3) is 0 Å². The summed E-state index contributed by atoms with van der Waals surface area (Å²) in [6.45, 7) is 7.98. The molecule has 3 atom stereocenters. The molecule has 0 aromatic rings. The lowest BCUT2D eigenvalue weighted by Crippen LogP contribution is -2.48. The molecular formula is C17H32ClN3O3. The number of nitrogens with two attached hydrogens (primary N) is 1. The summed E-state index contributed by atoms with van der Waals surface area (Å²) in [5.74, 6) is 0.631. The van der Waals surface area contributed by atoms with Crippen LogP contribution in [0.3, 0.4) is 0 Å². The van der Waals surface area contributed by atoms with Crippen molar-refractivity contribution in [2.75, 3.05) is 19.6 Å². The molecule has 0 aromatic carbocycles. The zero-order valence-corrected chi connectivity index (χ0v) is 15.8. The number of piperidine rings is 1. The zero-order valence-electron chi connectivity index (χ0n) is 15.0. The molecule has 24 heavy (non-hydrogen) atoms. The minimum absolute atomic E-state index is 0. The van der Waals surface area contributed by atoms with Gasteiger partial charge < -0.3 is 20.7 Å². The quantitative estimate of drug-likeness (QED) is 0.773. The lowest BCUT2D eigenvalue weighted by molar-refractivity contribution is -0.145. The molecule has 7 heteroatoms. The number of ether oxygens (including phenoxy) is 1. The Bertz CT molecular complexity index is 425. The molecule has 3 N–H and O–H groups in total. The molecule has 2 aliphatic heterocycles. The fraction of sp³-hybridized carbons (Fsp3) is 0.882. The van der Waals surface area contributed by atoms with Crippen LogP contribution in [0.15, 0.2) is 0 Å². The maximum atomic E-state index is 12.5. The number of carbonyl (C=O) groups excluding carboxylic acids is 2. The molecular weight excluding hydrogens is 330 g/mol. The number of rotatable bonds is 5. The van der Waals surface area contributed by atoms with Crippen LogP contribution >= 0.6 is 12.4 Å². The number of nitrogens with one attached hydrogen (secondary N) is 1. The Morgan fingerprint density at radius 2 is 1.79 bits per heavy atom. The van der Waals surface area contributed by atoms with Gasteiger partial charge in [-0.3, -0.25) is 9.59 Å². The van der Waals surface area contributed by atoms with E-state index in [4.69, 9.17) is 10.5 Å². The Balaban J connectivity index is 0.00000288. The van der Waals surface area contributed by atoms with Crippen molar-refractivity contribution in [3.05, 3.63) is 0 Å². The molecule has 140 valence electrons. The Morgan fingerprint density at radius 3 is 2.29 bits per heavy atom. The highest BCUT2D eigenvalue weighted by molar-refractivity contribution is 5.85. The Hall–Kier alpha value is -0.850. The van der Waals surface area contributed by atoms with E-state index in [0.29, 0.717) is 25.6 Å². The van der Waals surface area contributed by atoms with E-state index in [1.807, 2.05) is 11.8 Å². The van der Waals surface area contributed by atoms with E-state index in [1.165, 1.54) is 0 Å². The first-order valence-electron chi connectivity index (χ1n) is 8.87. The third-order valence-corrected chi connectivity index (χ3v) is 5.19. The first-order valence-corrected chi connectivity index (χ1v) is 8.87. The van der Waals surface area contributed by atoms with E-state index in [2.05, 4.69) is 19.2 Å². The van der Waals surface area contributed by atoms with E-state index in [-0.39, 0.29) is 48.4 Å². The molecule has 0 radical (unpaired) electrons. The van der Waals surface area contributed by atoms with Gasteiger partial charge in [0.15, 0.2) is 0 Å². The minimum atomic E-state index is -0.338. The van der Waals surface area contributed by atoms with Crippen molar-refractivity contribution < 1.29 is 14.3 Å². The van der Waals surface area contributed by atoms with E-state index in [9.17, 15) is 9.59 Å². The van der Waals surface area contributed by atoms with Crippen molar-refractivity contribution in [2.24, 2.45) is 17.6 Å². The molecule has 2 aliphatic rings. The average molecular weight is 362 g/mol. The first-order chi connectivity index (χ1) is 10.9. The molecule has 2 rings (SSSR count). The molecule has 0 saturated carbocycles. The van der Waals surface area contributed by atoms with Crippen LogP contribution in [0.4, 0.5) is 0 Å². The van der Waals surface area contributed by atoms with E-state index >= 15 is 0 Å². The maximum absolute atomic E-state index is 12.5. The molecule has 2 fully saturated rings. The van der Waals surface area contributed by atoms with Gasteiger partial charge in [-0.15, -0.1) is 12.4 Å². The van der Waals surface area contributed by atoms with Crippen LogP contribution in [-0.4, -0.2) is 54.6 Å². The predicted molar refractivity (Wildman–Crippen MR) is 95.9 cm³/mol. The van der Waals surface area contributed by atoms with Crippen LogP contribution in [0, 0.1) is 11.8 Å². The van der Waals surface area contributed by atoms with Gasteiger partial charge in [-0.25, -0.2) is 0 Å². The molecule has 2 amide bonds. The van der Waals surface area contributed by atoms with Gasteiger partial charge in [0.25, 0.3) is 5.91 Å². The first kappa shape index (κ1) is 21.2. The van der Waals surface area contributed by atoms with Crippen molar-refractivity contribution >= 4 is 24.2 Å². The molecule has 0 aromatic heterocycles. The van der Waals surface area contributed by atoms with Gasteiger partial charge >= 0.3 is 0 Å². The lowest BCUT2D eigenvalue weighted by Gasteiger charge is -2.33. The predicted octanol–water partition coefficient (Wildman–Crippen LogP) is 1.31. The van der Waals surface area contributed by atoms with Gasteiger partial charge in [0, 0.05) is 31.6 Å². The molecule has 1 unspecified atom stereocenters. The standard InChI is InChI=1S/C17H31N3O3.ClH/c1-11(2)12(3)19-16(21)13-6-8-20(9-7-13)17(22)15-5-4-14(10-18)23-15;/h11-15H,4-10,18H2,1-3H3,(H,19,21);1H/t12?,14-,15+;/m1./s1. The van der Waals surface area contributed by atoms with Crippen molar-refractivity contribution in [1.82, 2.24) is 10.2 Å². The van der Waals surface area contributed by atoms with Crippen LogP contribution in [0.1, 0.15) is 46.5 Å². The smallest absolute Gasteiger partial charge is 0.251 e. The monoisotopic (exact) mass is 361 g/mol. The molecule has 6 nitrogen and oxygen atoms in total. The summed E-state index contributed by atoms with van der Waals surface area (Å²) in [4.78, 5) is 26.6. The molecule has 2 heterocycles. The molecule has 0 aliphatic carbocycles. The minimum Gasteiger partial charge on any atom is -0.364 e. The highest BCUT2D eigenvalue weighted by Crippen LogP contribution is 2.24. The van der Waals surface area contributed by atoms with Gasteiger partial charge in [0.2, 0.25) is 5.91 Å². The largest absolute Gasteiger partial charge is 0.364 e. The van der Waals surface area contributed by atoms with Gasteiger partial charge in [0.1, 0.15) is 6.10 Å². The number of hydrogen-bond acceptors (Lipinski definition) is 4. The lowest BCUT2D eigenvalue weighted by atomic mass is 9.94. The Morgan fingerprint density at radius 1 is 1.17 bits per heavy atom. The fourth-order valence-electron chi connectivity index (χ4n) is 3.14. The molecule has 2 saturated heterocycles. The van der Waals surface area contributed by atoms with E-state index in [0.717, 1.165) is 25.7 Å². The maximum Gasteiger partial charge on any atom is 0.251 e. The fourth-order valence-corrected chi connectivity index (χ4v) is 3.14. The third-order valence-electron chi connectivity index (χ3n) is 5.19. The summed E-state index contributed by atoms with van der Waals surface area (Å²) in [5, 5.41) is 3.08. The zero-order chi connectivity index (χ0) is 17.0. The summed E-state index contributed by atoms with van der Waals surface area (Å²) in [6.07, 6.45) is 2.76. The second-order valence-electron chi connectivity index (χ2n) is 7.20. The third kappa shape index (κ3) is 5.33. The van der Waals surface area contributed by atoms with Crippen LogP contribution < -0.4 is 11.1 Å². The Kier molecular flexibility index (Phi) is 8.46. The van der Waals surface area contributed by atoms with Gasteiger partial charge in [0.05, 0.1) is 6.10 Å². The summed E-state index contributed by atoms with van der Waals surface area (Å²) < 4.78 is 5.68. The van der Waals surface area contributed by atoms with Gasteiger partial charge in [-0.05, 0) is 38.5 Å². The topological polar surface area (TPSA) is 84.7 Å². The van der Waals surface area contributed by atoms with E-state index in [1.54, 1.807) is 0 Å². The summed E-state index contributed by atoms with van der Waals surface area (Å²) in [6, 6.07) is 0.183. The SMILES string of the molecule is CC(C)C(C)NC(=O)C1CCN(C(=O)[C@@H]2CC[C@H](CN)O2)CC1.Cl. The van der Waals surface area contributed by atoms with Crippen LogP contribution in [-0.2, 0) is 14.3 Å². The second-order valence-corrected chi connectivity index (χ2v) is 7.20. The number of hydrogen-bond donors (Lipinski definition) is 2. The number of amides is 2.